The number of aliphatic hydroxyl groups is 1. The molecule has 0 bridgehead atoms. The lowest BCUT2D eigenvalue weighted by Crippen LogP contribution is -2.52. The normalized spacial score (nSPS) is 42.9. The summed E-state index contributed by atoms with van der Waals surface area (Å²) in [7, 11) is 0. The van der Waals surface area contributed by atoms with Crippen molar-refractivity contribution in [3.63, 3.8) is 0 Å². The Hall–Kier alpha value is -1.86. The average Bonchev–Trinajstić information content (AvgIpc) is 3.15. The fourth-order valence-electron chi connectivity index (χ4n) is 9.06. The first kappa shape index (κ1) is 22.9. The summed E-state index contributed by atoms with van der Waals surface area (Å²) in [5.41, 5.74) is 0.961. The van der Waals surface area contributed by atoms with Crippen LogP contribution in [0.5, 0.6) is 0 Å². The second-order valence-electron chi connectivity index (χ2n) is 12.4. The Kier molecular flexibility index (Phi) is 5.84. The molecule has 4 nitrogen and oxygen atoms in total. The van der Waals surface area contributed by atoms with Crippen molar-refractivity contribution in [1.82, 2.24) is 5.32 Å². The molecule has 5 rings (SSSR count). The fraction of sp³-hybridized carbons (Fsp3) is 0.724. The van der Waals surface area contributed by atoms with Gasteiger partial charge in [0.1, 0.15) is 0 Å². The monoisotopic (exact) mass is 448 g/mol. The third kappa shape index (κ3) is 4.01. The van der Waals surface area contributed by atoms with Crippen LogP contribution in [0, 0.1) is 52.3 Å². The molecule has 2 N–H and O–H groups in total. The van der Waals surface area contributed by atoms with Crippen molar-refractivity contribution >= 4 is 5.91 Å². The summed E-state index contributed by atoms with van der Waals surface area (Å²) < 4.78 is 0. The van der Waals surface area contributed by atoms with Gasteiger partial charge in [-0.25, -0.2) is 0 Å². The minimum Gasteiger partial charge on any atom is -0.390 e. The zero-order valence-corrected chi connectivity index (χ0v) is 20.5. The van der Waals surface area contributed by atoms with Crippen LogP contribution < -0.4 is 5.32 Å². The largest absolute Gasteiger partial charge is 0.390 e. The first-order chi connectivity index (χ1) is 15.7. The van der Waals surface area contributed by atoms with Crippen LogP contribution in [0.25, 0.3) is 0 Å². The van der Waals surface area contributed by atoms with Crippen LogP contribution in [0.4, 0.5) is 0 Å². The third-order valence-corrected chi connectivity index (χ3v) is 10.5. The first-order valence-electron chi connectivity index (χ1n) is 13.3. The van der Waals surface area contributed by atoms with Crippen LogP contribution in [0.15, 0.2) is 24.3 Å². The molecule has 4 aliphatic rings. The van der Waals surface area contributed by atoms with Gasteiger partial charge in [-0.15, -0.1) is 0 Å². The van der Waals surface area contributed by atoms with Crippen molar-refractivity contribution in [3.8, 4) is 6.07 Å². The van der Waals surface area contributed by atoms with Crippen LogP contribution in [0.2, 0.25) is 0 Å². The van der Waals surface area contributed by atoms with Crippen molar-refractivity contribution < 1.29 is 9.90 Å². The molecule has 0 heterocycles. The van der Waals surface area contributed by atoms with Crippen molar-refractivity contribution in [2.45, 2.75) is 90.2 Å². The molecule has 4 aliphatic carbocycles. The van der Waals surface area contributed by atoms with Gasteiger partial charge in [0.2, 0.25) is 0 Å². The lowest BCUT2D eigenvalue weighted by Gasteiger charge is -2.57. The lowest BCUT2D eigenvalue weighted by molar-refractivity contribution is -0.101. The molecule has 0 radical (unpaired) electrons. The van der Waals surface area contributed by atoms with Crippen LogP contribution in [0.3, 0.4) is 0 Å². The standard InChI is InChI=1S/C29H40N2O2/c1-18(31-27(32)20-6-4-5-19(15-20)17-30)25-9-10-26-24-8-7-21-16-28(2,33)13-11-22(21)23(24)12-14-29(25,26)3/h4-6,15,18,21-26,33H,7-14,16H2,1-3H3,(H,31,32)/t18-,21+,22-,23+,24+,25+,26-,28+,29+/m0/s1. The Balaban J connectivity index is 1.28. The van der Waals surface area contributed by atoms with Gasteiger partial charge < -0.3 is 10.4 Å². The predicted octanol–water partition coefficient (Wildman–Crippen LogP) is 5.70. The number of hydrogen-bond acceptors (Lipinski definition) is 3. The molecular formula is C29H40N2O2. The van der Waals surface area contributed by atoms with Gasteiger partial charge in [-0.3, -0.25) is 4.79 Å². The zero-order valence-electron chi connectivity index (χ0n) is 20.5. The summed E-state index contributed by atoms with van der Waals surface area (Å²) in [6, 6.07) is 9.28. The third-order valence-electron chi connectivity index (χ3n) is 10.5. The highest BCUT2D eigenvalue weighted by Crippen LogP contribution is 2.65. The van der Waals surface area contributed by atoms with E-state index < -0.39 is 5.60 Å². The van der Waals surface area contributed by atoms with Gasteiger partial charge in [0, 0.05) is 11.6 Å². The highest BCUT2D eigenvalue weighted by molar-refractivity contribution is 5.94. The van der Waals surface area contributed by atoms with Gasteiger partial charge in [0.05, 0.1) is 17.2 Å². The number of nitriles is 1. The number of nitrogens with zero attached hydrogens (tertiary/aromatic N) is 1. The Morgan fingerprint density at radius 2 is 1.88 bits per heavy atom. The molecule has 4 saturated carbocycles. The van der Waals surface area contributed by atoms with Crippen LogP contribution >= 0.6 is 0 Å². The first-order valence-corrected chi connectivity index (χ1v) is 13.3. The number of carbonyl (C=O) groups excluding carboxylic acids is 1. The second-order valence-corrected chi connectivity index (χ2v) is 12.4. The van der Waals surface area contributed by atoms with E-state index in [0.717, 1.165) is 42.4 Å². The molecule has 9 atom stereocenters. The highest BCUT2D eigenvalue weighted by atomic mass is 16.3. The summed E-state index contributed by atoms with van der Waals surface area (Å²) in [4.78, 5) is 12.9. The van der Waals surface area contributed by atoms with Crippen LogP contribution in [0.1, 0.15) is 94.5 Å². The Bertz CT molecular complexity index is 949. The maximum absolute atomic E-state index is 12.9. The summed E-state index contributed by atoms with van der Waals surface area (Å²) in [6.07, 6.45) is 10.9. The lowest BCUT2D eigenvalue weighted by atomic mass is 9.49. The Morgan fingerprint density at radius 1 is 1.09 bits per heavy atom. The molecule has 0 unspecified atom stereocenters. The Labute approximate surface area is 199 Å². The van der Waals surface area contributed by atoms with Crippen molar-refractivity contribution in [2.75, 3.05) is 0 Å². The number of rotatable bonds is 3. The van der Waals surface area contributed by atoms with Gasteiger partial charge in [0.15, 0.2) is 0 Å². The van der Waals surface area contributed by atoms with Gasteiger partial charge >= 0.3 is 0 Å². The van der Waals surface area contributed by atoms with Gasteiger partial charge in [-0.2, -0.15) is 5.26 Å². The van der Waals surface area contributed by atoms with Gasteiger partial charge in [0.25, 0.3) is 5.91 Å². The van der Waals surface area contributed by atoms with E-state index in [1.807, 2.05) is 6.92 Å². The molecule has 0 saturated heterocycles. The topological polar surface area (TPSA) is 73.1 Å². The number of amides is 1. The molecule has 33 heavy (non-hydrogen) atoms. The number of nitrogens with one attached hydrogen (secondary N) is 1. The summed E-state index contributed by atoms with van der Waals surface area (Å²) in [5, 5.41) is 23.1. The molecule has 1 amide bonds. The Morgan fingerprint density at radius 3 is 2.67 bits per heavy atom. The summed E-state index contributed by atoms with van der Waals surface area (Å²) in [5.74, 6) is 4.43. The van der Waals surface area contributed by atoms with E-state index >= 15 is 0 Å². The van der Waals surface area contributed by atoms with Crippen LogP contribution in [-0.4, -0.2) is 22.7 Å². The maximum Gasteiger partial charge on any atom is 0.251 e. The minimum atomic E-state index is -0.448. The molecule has 178 valence electrons. The number of carbonyl (C=O) groups is 1. The molecule has 0 spiro atoms. The SMILES string of the molecule is C[C@H](NC(=O)c1cccc(C#N)c1)[C@H]1CC[C@H]2[C@@H]3CC[C@@H]4C[C@](C)(O)CC[C@@H]4[C@H]3CC[C@]12C. The van der Waals surface area contributed by atoms with Gasteiger partial charge in [-0.05, 0) is 131 Å². The number of hydrogen-bond donors (Lipinski definition) is 2. The quantitative estimate of drug-likeness (QED) is 0.623. The van der Waals surface area contributed by atoms with E-state index in [1.54, 1.807) is 24.3 Å². The molecule has 0 aliphatic heterocycles. The van der Waals surface area contributed by atoms with Crippen molar-refractivity contribution in [1.29, 1.82) is 5.26 Å². The molecule has 1 aromatic rings. The highest BCUT2D eigenvalue weighted by Gasteiger charge is 2.58. The molecule has 4 heteroatoms. The van der Waals surface area contributed by atoms with E-state index in [-0.39, 0.29) is 11.9 Å². The summed E-state index contributed by atoms with van der Waals surface area (Å²) >= 11 is 0. The molecule has 1 aromatic carbocycles. The summed E-state index contributed by atoms with van der Waals surface area (Å²) in [6.45, 7) is 6.75. The van der Waals surface area contributed by atoms with E-state index in [0.29, 0.717) is 22.5 Å². The van der Waals surface area contributed by atoms with Crippen molar-refractivity contribution in [2.24, 2.45) is 40.9 Å². The number of fused-ring (bicyclic) bond motifs is 5. The van der Waals surface area contributed by atoms with E-state index in [9.17, 15) is 9.90 Å². The fourth-order valence-corrected chi connectivity index (χ4v) is 9.06. The maximum atomic E-state index is 12.9. The van der Waals surface area contributed by atoms with Crippen LogP contribution in [-0.2, 0) is 0 Å². The van der Waals surface area contributed by atoms with E-state index in [2.05, 4.69) is 25.2 Å². The minimum absolute atomic E-state index is 0.0601. The smallest absolute Gasteiger partial charge is 0.251 e. The molecule has 0 aromatic heterocycles. The second kappa shape index (κ2) is 8.42. The van der Waals surface area contributed by atoms with Gasteiger partial charge in [-0.1, -0.05) is 13.0 Å². The molecule has 4 fully saturated rings. The van der Waals surface area contributed by atoms with E-state index in [4.69, 9.17) is 5.26 Å². The molecular weight excluding hydrogens is 408 g/mol. The van der Waals surface area contributed by atoms with E-state index in [1.165, 1.54) is 44.9 Å². The zero-order chi connectivity index (χ0) is 23.4. The predicted molar refractivity (Wildman–Crippen MR) is 129 cm³/mol. The number of benzene rings is 1. The van der Waals surface area contributed by atoms with Crippen molar-refractivity contribution in [3.05, 3.63) is 35.4 Å². The average molecular weight is 449 g/mol.